The molecule has 0 bridgehead atoms. The largest absolute Gasteiger partial charge is 0.326 e. The number of amidine groups is 1. The average molecular weight is 338 g/mol. The van der Waals surface area contributed by atoms with Crippen molar-refractivity contribution in [2.75, 3.05) is 11.6 Å². The molecule has 0 radical (unpaired) electrons. The zero-order valence-corrected chi connectivity index (χ0v) is 14.1. The Bertz CT molecular complexity index is 736. The van der Waals surface area contributed by atoms with E-state index in [0.717, 1.165) is 11.3 Å². The van der Waals surface area contributed by atoms with Crippen LogP contribution in [0.3, 0.4) is 0 Å². The molecule has 0 spiro atoms. The summed E-state index contributed by atoms with van der Waals surface area (Å²) in [5, 5.41) is 14.5. The van der Waals surface area contributed by atoms with Gasteiger partial charge in [-0.1, -0.05) is 42.1 Å². The summed E-state index contributed by atoms with van der Waals surface area (Å²) in [4.78, 5) is 16.3. The maximum atomic E-state index is 12.0. The molecule has 6 heteroatoms. The molecule has 2 rings (SSSR count). The molecule has 0 fully saturated rings. The molecule has 0 aromatic heterocycles. The average Bonchev–Trinajstić information content (AvgIpc) is 2.62. The van der Waals surface area contributed by atoms with Gasteiger partial charge in [-0.05, 0) is 42.5 Å². The maximum absolute atomic E-state index is 12.0. The molecule has 2 aromatic rings. The number of carbonyl (C=O) groups is 1. The Morgan fingerprint density at radius 2 is 1.88 bits per heavy atom. The van der Waals surface area contributed by atoms with Gasteiger partial charge in [-0.2, -0.15) is 5.26 Å². The van der Waals surface area contributed by atoms with Crippen LogP contribution in [0, 0.1) is 11.5 Å². The molecule has 2 aromatic carbocycles. The van der Waals surface area contributed by atoms with E-state index in [1.54, 1.807) is 24.3 Å². The van der Waals surface area contributed by atoms with Crippen LogP contribution >= 0.6 is 11.8 Å². The van der Waals surface area contributed by atoms with Crippen molar-refractivity contribution in [3.8, 4) is 6.19 Å². The summed E-state index contributed by atoms with van der Waals surface area (Å²) in [5.41, 5.74) is 2.59. The predicted octanol–water partition coefficient (Wildman–Crippen LogP) is 3.68. The first-order valence-electron chi connectivity index (χ1n) is 7.43. The van der Waals surface area contributed by atoms with Crippen molar-refractivity contribution < 1.29 is 4.79 Å². The summed E-state index contributed by atoms with van der Waals surface area (Å²) in [5.74, 6) is -0.0222. The van der Waals surface area contributed by atoms with Crippen molar-refractivity contribution in [3.05, 3.63) is 60.2 Å². The molecule has 0 aliphatic carbocycles. The van der Waals surface area contributed by atoms with Gasteiger partial charge in [0.25, 0.3) is 0 Å². The van der Waals surface area contributed by atoms with E-state index in [0.29, 0.717) is 23.7 Å². The SMILES string of the molecule is CSC(=Nc1ccc(NC(=O)CCc2ccccc2)cc1)NC#N. The van der Waals surface area contributed by atoms with Gasteiger partial charge in [0.15, 0.2) is 11.4 Å². The fraction of sp³-hybridized carbons (Fsp3) is 0.167. The molecule has 24 heavy (non-hydrogen) atoms. The highest BCUT2D eigenvalue weighted by molar-refractivity contribution is 8.13. The minimum atomic E-state index is -0.0222. The van der Waals surface area contributed by atoms with Gasteiger partial charge in [0.2, 0.25) is 5.91 Å². The van der Waals surface area contributed by atoms with Gasteiger partial charge in [0, 0.05) is 12.1 Å². The van der Waals surface area contributed by atoms with Gasteiger partial charge in [-0.3, -0.25) is 10.1 Å². The van der Waals surface area contributed by atoms with Gasteiger partial charge in [0.1, 0.15) is 0 Å². The van der Waals surface area contributed by atoms with Crippen LogP contribution in [0.2, 0.25) is 0 Å². The zero-order valence-electron chi connectivity index (χ0n) is 13.3. The number of benzene rings is 2. The lowest BCUT2D eigenvalue weighted by atomic mass is 10.1. The molecule has 122 valence electrons. The Kier molecular flexibility index (Phi) is 6.87. The Morgan fingerprint density at radius 3 is 2.50 bits per heavy atom. The second-order valence-electron chi connectivity index (χ2n) is 4.94. The van der Waals surface area contributed by atoms with E-state index in [9.17, 15) is 4.79 Å². The van der Waals surface area contributed by atoms with Crippen LogP contribution in [0.4, 0.5) is 11.4 Å². The number of carbonyl (C=O) groups excluding carboxylic acids is 1. The minimum Gasteiger partial charge on any atom is -0.326 e. The van der Waals surface area contributed by atoms with Gasteiger partial charge < -0.3 is 5.32 Å². The molecule has 1 amide bonds. The van der Waals surface area contributed by atoms with Gasteiger partial charge in [0.05, 0.1) is 5.69 Å². The first-order valence-corrected chi connectivity index (χ1v) is 8.65. The molecular formula is C18H18N4OS. The minimum absolute atomic E-state index is 0.0222. The lowest BCUT2D eigenvalue weighted by Gasteiger charge is -2.06. The third-order valence-corrected chi connectivity index (χ3v) is 3.80. The summed E-state index contributed by atoms with van der Waals surface area (Å²) in [6, 6.07) is 17.1. The van der Waals surface area contributed by atoms with E-state index in [2.05, 4.69) is 15.6 Å². The van der Waals surface area contributed by atoms with Crippen LogP contribution in [0.15, 0.2) is 59.6 Å². The van der Waals surface area contributed by atoms with E-state index >= 15 is 0 Å². The number of nitrogens with zero attached hydrogens (tertiary/aromatic N) is 2. The second-order valence-corrected chi connectivity index (χ2v) is 5.73. The van der Waals surface area contributed by atoms with Crippen molar-refractivity contribution in [2.24, 2.45) is 4.99 Å². The number of aryl methyl sites for hydroxylation is 1. The highest BCUT2D eigenvalue weighted by Crippen LogP contribution is 2.18. The smallest absolute Gasteiger partial charge is 0.224 e. The molecular weight excluding hydrogens is 320 g/mol. The van der Waals surface area contributed by atoms with E-state index in [1.807, 2.05) is 42.8 Å². The number of amides is 1. The number of thioether (sulfide) groups is 1. The lowest BCUT2D eigenvalue weighted by Crippen LogP contribution is -2.12. The predicted molar refractivity (Wildman–Crippen MR) is 99.2 cm³/mol. The number of aliphatic imine (C=N–C) groups is 1. The highest BCUT2D eigenvalue weighted by Gasteiger charge is 2.03. The van der Waals surface area contributed by atoms with Crippen molar-refractivity contribution in [1.82, 2.24) is 5.32 Å². The maximum Gasteiger partial charge on any atom is 0.224 e. The fourth-order valence-electron chi connectivity index (χ4n) is 2.04. The molecule has 2 N–H and O–H groups in total. The van der Waals surface area contributed by atoms with Crippen molar-refractivity contribution in [2.45, 2.75) is 12.8 Å². The number of nitrogens with one attached hydrogen (secondary N) is 2. The van der Waals surface area contributed by atoms with Gasteiger partial charge in [-0.15, -0.1) is 0 Å². The molecule has 0 unspecified atom stereocenters. The summed E-state index contributed by atoms with van der Waals surface area (Å²) in [6.07, 6.45) is 4.83. The number of hydrogen-bond donors (Lipinski definition) is 2. The first-order chi connectivity index (χ1) is 11.7. The summed E-state index contributed by atoms with van der Waals surface area (Å²) < 4.78 is 0. The lowest BCUT2D eigenvalue weighted by molar-refractivity contribution is -0.116. The van der Waals surface area contributed by atoms with E-state index < -0.39 is 0 Å². The third kappa shape index (κ3) is 5.78. The Morgan fingerprint density at radius 1 is 1.17 bits per heavy atom. The van der Waals surface area contributed by atoms with Crippen molar-refractivity contribution >= 4 is 34.2 Å². The quantitative estimate of drug-likeness (QED) is 0.377. The van der Waals surface area contributed by atoms with Crippen LogP contribution in [-0.4, -0.2) is 17.3 Å². The van der Waals surface area contributed by atoms with E-state index in [4.69, 9.17) is 5.26 Å². The summed E-state index contributed by atoms with van der Waals surface area (Å²) in [7, 11) is 0. The number of hydrogen-bond acceptors (Lipinski definition) is 4. The molecule has 0 heterocycles. The van der Waals surface area contributed by atoms with E-state index in [-0.39, 0.29) is 5.91 Å². The van der Waals surface area contributed by atoms with Crippen molar-refractivity contribution in [1.29, 1.82) is 5.26 Å². The molecule has 0 atom stereocenters. The second kappa shape index (κ2) is 9.38. The first kappa shape index (κ1) is 17.6. The van der Waals surface area contributed by atoms with Crippen LogP contribution in [0.1, 0.15) is 12.0 Å². The highest BCUT2D eigenvalue weighted by atomic mass is 32.2. The normalized spacial score (nSPS) is 10.8. The molecule has 0 aliphatic heterocycles. The van der Waals surface area contributed by atoms with Gasteiger partial charge in [-0.25, -0.2) is 4.99 Å². The summed E-state index contributed by atoms with van der Waals surface area (Å²) >= 11 is 1.36. The summed E-state index contributed by atoms with van der Waals surface area (Å²) in [6.45, 7) is 0. The van der Waals surface area contributed by atoms with Crippen LogP contribution in [0.25, 0.3) is 0 Å². The number of anilines is 1. The molecule has 5 nitrogen and oxygen atoms in total. The third-order valence-electron chi connectivity index (χ3n) is 3.22. The Hall–Kier alpha value is -2.78. The van der Waals surface area contributed by atoms with E-state index in [1.165, 1.54) is 11.8 Å². The van der Waals surface area contributed by atoms with Crippen LogP contribution < -0.4 is 10.6 Å². The zero-order chi connectivity index (χ0) is 17.2. The topological polar surface area (TPSA) is 77.3 Å². The number of rotatable bonds is 5. The van der Waals surface area contributed by atoms with Crippen LogP contribution in [-0.2, 0) is 11.2 Å². The Labute approximate surface area is 145 Å². The molecule has 0 saturated heterocycles. The Balaban J connectivity index is 1.89. The van der Waals surface area contributed by atoms with Crippen LogP contribution in [0.5, 0.6) is 0 Å². The standard InChI is InChI=1S/C18H18N4OS/c1-24-18(20-13-19)22-16-10-8-15(9-11-16)21-17(23)12-7-14-5-3-2-4-6-14/h2-6,8-11H,7,12H2,1H3,(H,20,22)(H,21,23). The number of nitriles is 1. The van der Waals surface area contributed by atoms with Crippen molar-refractivity contribution in [3.63, 3.8) is 0 Å². The monoisotopic (exact) mass is 338 g/mol. The van der Waals surface area contributed by atoms with Gasteiger partial charge >= 0.3 is 0 Å². The molecule has 0 saturated carbocycles. The fourth-order valence-corrected chi connectivity index (χ4v) is 2.38. The molecule has 0 aliphatic rings.